The number of benzene rings is 3. The first-order valence-electron chi connectivity index (χ1n) is 13.5. The maximum absolute atomic E-state index is 13.1. The van der Waals surface area contributed by atoms with Crippen molar-refractivity contribution in [2.24, 2.45) is 17.8 Å². The molecule has 190 valence electrons. The van der Waals surface area contributed by atoms with Crippen molar-refractivity contribution in [2.75, 3.05) is 5.32 Å². The van der Waals surface area contributed by atoms with Gasteiger partial charge in [0, 0.05) is 5.69 Å². The second-order valence-electron chi connectivity index (χ2n) is 11.4. The number of carbonyl (C=O) groups is 2. The zero-order valence-corrected chi connectivity index (χ0v) is 21.7. The van der Waals surface area contributed by atoms with Gasteiger partial charge < -0.3 is 10.6 Å². The van der Waals surface area contributed by atoms with Gasteiger partial charge in [0.15, 0.2) is 0 Å². The van der Waals surface area contributed by atoms with Crippen molar-refractivity contribution in [3.63, 3.8) is 0 Å². The minimum atomic E-state index is -0.476. The van der Waals surface area contributed by atoms with E-state index in [1.807, 2.05) is 42.5 Å². The van der Waals surface area contributed by atoms with Crippen LogP contribution in [0.1, 0.15) is 72.5 Å². The molecule has 0 radical (unpaired) electrons. The van der Waals surface area contributed by atoms with Crippen LogP contribution < -0.4 is 10.6 Å². The molecule has 0 aliphatic heterocycles. The van der Waals surface area contributed by atoms with Gasteiger partial charge in [-0.25, -0.2) is 0 Å². The molecule has 0 spiro atoms. The fraction of sp³-hybridized carbons (Fsp3) is 0.375. The number of nitrogens with one attached hydrogen (secondary N) is 2. The Labute approximate surface area is 223 Å². The molecule has 4 saturated carbocycles. The van der Waals surface area contributed by atoms with Crippen molar-refractivity contribution < 1.29 is 9.59 Å². The lowest BCUT2D eigenvalue weighted by Crippen LogP contribution is -2.48. The van der Waals surface area contributed by atoms with Crippen molar-refractivity contribution in [3.8, 4) is 0 Å². The Hall–Kier alpha value is -3.11. The van der Waals surface area contributed by atoms with Gasteiger partial charge in [0.25, 0.3) is 5.91 Å². The molecule has 0 heterocycles. The molecule has 5 heteroatoms. The Morgan fingerprint density at radius 2 is 1.41 bits per heavy atom. The summed E-state index contributed by atoms with van der Waals surface area (Å²) in [6.07, 6.45) is 8.41. The molecule has 3 aromatic rings. The van der Waals surface area contributed by atoms with Gasteiger partial charge in [-0.2, -0.15) is 0 Å². The van der Waals surface area contributed by atoms with E-state index in [4.69, 9.17) is 11.6 Å². The van der Waals surface area contributed by atoms with E-state index in [-0.39, 0.29) is 18.2 Å². The lowest BCUT2D eigenvalue weighted by molar-refractivity contribution is -0.116. The smallest absolute Gasteiger partial charge is 0.253 e. The molecule has 1 atom stereocenters. The van der Waals surface area contributed by atoms with Gasteiger partial charge in [-0.15, -0.1) is 0 Å². The van der Waals surface area contributed by atoms with E-state index in [2.05, 4.69) is 22.8 Å². The number of hydrogen-bond donors (Lipinski definition) is 2. The van der Waals surface area contributed by atoms with Crippen molar-refractivity contribution in [2.45, 2.75) is 56.4 Å². The van der Waals surface area contributed by atoms with E-state index in [0.717, 1.165) is 29.0 Å². The molecule has 2 amide bonds. The fourth-order valence-electron chi connectivity index (χ4n) is 7.59. The molecule has 4 aliphatic carbocycles. The van der Waals surface area contributed by atoms with E-state index in [9.17, 15) is 9.59 Å². The molecule has 4 aliphatic rings. The summed E-state index contributed by atoms with van der Waals surface area (Å²) in [5.41, 5.74) is 3.85. The predicted octanol–water partition coefficient (Wildman–Crippen LogP) is 7.31. The molecule has 37 heavy (non-hydrogen) atoms. The van der Waals surface area contributed by atoms with E-state index in [1.165, 1.54) is 44.1 Å². The molecular formula is C32H33ClN2O2. The average Bonchev–Trinajstić information content (AvgIpc) is 2.88. The Morgan fingerprint density at radius 3 is 2.03 bits per heavy atom. The van der Waals surface area contributed by atoms with E-state index < -0.39 is 6.04 Å². The van der Waals surface area contributed by atoms with Crippen LogP contribution in [-0.2, 0) is 10.2 Å². The standard InChI is InChI=1S/C32H33ClN2O2/c33-28-9-5-4-8-27(28)31(37)35-29(24-6-2-1-3-7-24)17-30(36)34-26-12-10-25(11-13-26)32-18-21-14-22(19-32)16-23(15-21)20-32/h1-13,21-23,29H,14-20H2,(H,34,36)(H,35,37)/t21?,22?,23?,29-,32?/m0/s1. The van der Waals surface area contributed by atoms with Gasteiger partial charge >= 0.3 is 0 Å². The van der Waals surface area contributed by atoms with Crippen LogP contribution in [0.2, 0.25) is 5.02 Å². The summed E-state index contributed by atoms with van der Waals surface area (Å²) in [4.78, 5) is 26.1. The van der Waals surface area contributed by atoms with E-state index in [1.54, 1.807) is 24.3 Å². The first kappa shape index (κ1) is 24.2. The van der Waals surface area contributed by atoms with Crippen molar-refractivity contribution >= 4 is 29.1 Å². The Balaban J connectivity index is 1.14. The summed E-state index contributed by atoms with van der Waals surface area (Å²) in [5.74, 6) is 2.27. The zero-order chi connectivity index (χ0) is 25.4. The maximum atomic E-state index is 13.1. The Morgan fingerprint density at radius 1 is 0.811 bits per heavy atom. The van der Waals surface area contributed by atoms with Gasteiger partial charge in [-0.05, 0) is 97.1 Å². The van der Waals surface area contributed by atoms with Gasteiger partial charge in [0.2, 0.25) is 5.91 Å². The quantitative estimate of drug-likeness (QED) is 0.348. The average molecular weight is 513 g/mol. The highest BCUT2D eigenvalue weighted by Gasteiger charge is 2.51. The zero-order valence-electron chi connectivity index (χ0n) is 21.0. The lowest BCUT2D eigenvalue weighted by atomic mass is 9.48. The summed E-state index contributed by atoms with van der Waals surface area (Å²) < 4.78 is 0. The highest BCUT2D eigenvalue weighted by atomic mass is 35.5. The largest absolute Gasteiger partial charge is 0.345 e. The van der Waals surface area contributed by atoms with Crippen molar-refractivity contribution in [1.82, 2.24) is 5.32 Å². The second kappa shape index (κ2) is 9.98. The SMILES string of the molecule is O=C(C[C@H](NC(=O)c1ccccc1Cl)c1ccccc1)Nc1ccc(C23CC4CC(CC(C4)C2)C3)cc1. The number of rotatable bonds is 7. The van der Waals surface area contributed by atoms with Crippen LogP contribution in [-0.4, -0.2) is 11.8 Å². The van der Waals surface area contributed by atoms with Crippen molar-refractivity contribution in [3.05, 3.63) is 101 Å². The number of carbonyl (C=O) groups excluding carboxylic acids is 2. The first-order valence-corrected chi connectivity index (χ1v) is 13.9. The number of anilines is 1. The topological polar surface area (TPSA) is 58.2 Å². The maximum Gasteiger partial charge on any atom is 0.253 e. The third-order valence-corrected chi connectivity index (χ3v) is 9.16. The molecular weight excluding hydrogens is 480 g/mol. The fourth-order valence-corrected chi connectivity index (χ4v) is 7.81. The Bertz CT molecular complexity index is 1250. The van der Waals surface area contributed by atoms with Crippen LogP contribution in [0.15, 0.2) is 78.9 Å². The summed E-state index contributed by atoms with van der Waals surface area (Å²) in [6.45, 7) is 0. The molecule has 4 bridgehead atoms. The monoisotopic (exact) mass is 512 g/mol. The minimum Gasteiger partial charge on any atom is -0.345 e. The molecule has 0 unspecified atom stereocenters. The molecule has 2 N–H and O–H groups in total. The van der Waals surface area contributed by atoms with Crippen LogP contribution in [0.25, 0.3) is 0 Å². The van der Waals surface area contributed by atoms with Crippen LogP contribution in [0.3, 0.4) is 0 Å². The number of halogens is 1. The van der Waals surface area contributed by atoms with Crippen LogP contribution in [0.4, 0.5) is 5.69 Å². The van der Waals surface area contributed by atoms with Crippen molar-refractivity contribution in [1.29, 1.82) is 0 Å². The van der Waals surface area contributed by atoms with Gasteiger partial charge in [-0.3, -0.25) is 9.59 Å². The molecule has 0 aromatic heterocycles. The van der Waals surface area contributed by atoms with E-state index in [0.29, 0.717) is 16.0 Å². The highest BCUT2D eigenvalue weighted by Crippen LogP contribution is 2.60. The second-order valence-corrected chi connectivity index (χ2v) is 11.9. The van der Waals surface area contributed by atoms with Crippen LogP contribution in [0, 0.1) is 17.8 Å². The van der Waals surface area contributed by atoms with Crippen LogP contribution in [0.5, 0.6) is 0 Å². The predicted molar refractivity (Wildman–Crippen MR) is 148 cm³/mol. The summed E-state index contributed by atoms with van der Waals surface area (Å²) in [7, 11) is 0. The molecule has 4 fully saturated rings. The normalized spacial score (nSPS) is 26.5. The molecule has 7 rings (SSSR count). The number of amides is 2. The van der Waals surface area contributed by atoms with E-state index >= 15 is 0 Å². The number of hydrogen-bond acceptors (Lipinski definition) is 2. The van der Waals surface area contributed by atoms with Gasteiger partial charge in [0.05, 0.1) is 23.0 Å². The lowest BCUT2D eigenvalue weighted by Gasteiger charge is -2.57. The van der Waals surface area contributed by atoms with Crippen LogP contribution >= 0.6 is 11.6 Å². The highest BCUT2D eigenvalue weighted by molar-refractivity contribution is 6.33. The van der Waals surface area contributed by atoms with Gasteiger partial charge in [-0.1, -0.05) is 66.2 Å². The minimum absolute atomic E-state index is 0.122. The van der Waals surface area contributed by atoms with Gasteiger partial charge in [0.1, 0.15) is 0 Å². The Kier molecular flexibility index (Phi) is 6.54. The summed E-state index contributed by atoms with van der Waals surface area (Å²) in [5, 5.41) is 6.44. The third-order valence-electron chi connectivity index (χ3n) is 8.83. The molecule has 3 aromatic carbocycles. The summed E-state index contributed by atoms with van der Waals surface area (Å²) in [6, 6.07) is 24.6. The molecule has 0 saturated heterocycles. The third kappa shape index (κ3) is 5.04. The summed E-state index contributed by atoms with van der Waals surface area (Å²) >= 11 is 6.23. The molecule has 4 nitrogen and oxygen atoms in total. The first-order chi connectivity index (χ1) is 18.0.